The third-order valence-corrected chi connectivity index (χ3v) is 7.85. The topological polar surface area (TPSA) is 102 Å². The maximum Gasteiger partial charge on any atom is 0.255 e. The molecule has 0 bridgehead atoms. The molecule has 0 unspecified atom stereocenters. The van der Waals surface area contributed by atoms with Crippen LogP contribution in [0.5, 0.6) is 5.75 Å². The number of carbonyl (C=O) groups excluding carboxylic acids is 1. The van der Waals surface area contributed by atoms with Gasteiger partial charge in [-0.2, -0.15) is 0 Å². The lowest BCUT2D eigenvalue weighted by atomic mass is 9.95. The first-order valence-corrected chi connectivity index (χ1v) is 11.8. The molecule has 5 rings (SSSR count). The smallest absolute Gasteiger partial charge is 0.255 e. The van der Waals surface area contributed by atoms with Crippen LogP contribution < -0.4 is 9.62 Å². The molecule has 2 aliphatic rings. The van der Waals surface area contributed by atoms with E-state index in [2.05, 4.69) is 10.3 Å². The van der Waals surface area contributed by atoms with Crippen molar-refractivity contribution in [2.45, 2.75) is 32.1 Å². The number of aromatic nitrogens is 1. The number of hydrogen-bond acceptors (Lipinski definition) is 4. The number of nitrogens with zero attached hydrogens (tertiary/aromatic N) is 1. The summed E-state index contributed by atoms with van der Waals surface area (Å²) in [5.74, 6) is -0.348. The zero-order chi connectivity index (χ0) is 20.9. The molecule has 1 saturated heterocycles. The maximum absolute atomic E-state index is 12.9. The number of rotatable bonds is 3. The Morgan fingerprint density at radius 2 is 1.90 bits per heavy atom. The molecule has 1 aliphatic carbocycles. The van der Waals surface area contributed by atoms with Crippen molar-refractivity contribution in [2.75, 3.05) is 21.9 Å². The number of anilines is 2. The largest absolute Gasteiger partial charge is 0.506 e. The summed E-state index contributed by atoms with van der Waals surface area (Å²) in [6, 6.07) is 10.0. The van der Waals surface area contributed by atoms with Crippen molar-refractivity contribution < 1.29 is 18.3 Å². The molecule has 2 heterocycles. The highest BCUT2D eigenvalue weighted by Gasteiger charge is 2.29. The molecule has 156 valence electrons. The highest BCUT2D eigenvalue weighted by molar-refractivity contribution is 7.93. The van der Waals surface area contributed by atoms with Gasteiger partial charge in [-0.15, -0.1) is 0 Å². The molecule has 3 N–H and O–H groups in total. The Hall–Kier alpha value is -3.00. The van der Waals surface area contributed by atoms with E-state index in [0.29, 0.717) is 24.2 Å². The van der Waals surface area contributed by atoms with E-state index >= 15 is 0 Å². The van der Waals surface area contributed by atoms with E-state index in [-0.39, 0.29) is 23.1 Å². The van der Waals surface area contributed by atoms with Gasteiger partial charge in [0, 0.05) is 28.7 Å². The van der Waals surface area contributed by atoms with E-state index in [1.54, 1.807) is 12.1 Å². The number of aromatic amines is 1. The lowest BCUT2D eigenvalue weighted by molar-refractivity contribution is 0.102. The first kappa shape index (κ1) is 19.0. The van der Waals surface area contributed by atoms with Crippen LogP contribution in [-0.2, 0) is 22.9 Å². The van der Waals surface area contributed by atoms with E-state index in [9.17, 15) is 18.3 Å². The van der Waals surface area contributed by atoms with Crippen LogP contribution in [0.1, 0.15) is 40.9 Å². The van der Waals surface area contributed by atoms with Crippen LogP contribution in [0.3, 0.4) is 0 Å². The summed E-state index contributed by atoms with van der Waals surface area (Å²) in [4.78, 5) is 16.3. The molecule has 1 aromatic heterocycles. The molecule has 30 heavy (non-hydrogen) atoms. The van der Waals surface area contributed by atoms with Gasteiger partial charge in [-0.25, -0.2) is 8.42 Å². The molecule has 0 saturated carbocycles. The van der Waals surface area contributed by atoms with Gasteiger partial charge in [-0.05, 0) is 74.1 Å². The number of aromatic hydroxyl groups is 1. The van der Waals surface area contributed by atoms with Gasteiger partial charge < -0.3 is 15.4 Å². The lowest BCUT2D eigenvalue weighted by Crippen LogP contribution is -2.25. The number of hydrogen-bond donors (Lipinski definition) is 3. The van der Waals surface area contributed by atoms with Gasteiger partial charge >= 0.3 is 0 Å². The number of aryl methyl sites for hydroxylation is 2. The van der Waals surface area contributed by atoms with Crippen molar-refractivity contribution >= 4 is 38.2 Å². The standard InChI is InChI=1S/C22H23N3O4S/c26-21-9-7-15(25-10-3-11-30(25,28)29)13-20(21)24-22(27)14-6-8-19-17(12-14)16-4-1-2-5-18(16)23-19/h6-9,12-13,23,26H,1-5,10-11H2,(H,24,27). The number of H-pyrrole nitrogens is 1. The zero-order valence-electron chi connectivity index (χ0n) is 16.4. The minimum Gasteiger partial charge on any atom is -0.506 e. The van der Waals surface area contributed by atoms with E-state index in [1.165, 1.54) is 34.1 Å². The third-order valence-electron chi connectivity index (χ3n) is 5.98. The van der Waals surface area contributed by atoms with Crippen molar-refractivity contribution in [1.29, 1.82) is 0 Å². The van der Waals surface area contributed by atoms with Gasteiger partial charge in [-0.1, -0.05) is 0 Å². The van der Waals surface area contributed by atoms with Gasteiger partial charge in [0.2, 0.25) is 10.0 Å². The van der Waals surface area contributed by atoms with Crippen molar-refractivity contribution in [3.8, 4) is 5.75 Å². The number of carbonyl (C=O) groups is 1. The lowest BCUT2D eigenvalue weighted by Gasteiger charge is -2.18. The van der Waals surface area contributed by atoms with Crippen molar-refractivity contribution in [3.63, 3.8) is 0 Å². The fourth-order valence-corrected chi connectivity index (χ4v) is 6.01. The van der Waals surface area contributed by atoms with E-state index in [0.717, 1.165) is 30.2 Å². The molecule has 0 radical (unpaired) electrons. The predicted octanol–water partition coefficient (Wildman–Crippen LogP) is 3.54. The molecule has 3 aromatic rings. The molecule has 1 amide bonds. The summed E-state index contributed by atoms with van der Waals surface area (Å²) in [5, 5.41) is 14.0. The second kappa shape index (κ2) is 7.05. The maximum atomic E-state index is 12.9. The van der Waals surface area contributed by atoms with Crippen LogP contribution >= 0.6 is 0 Å². The summed E-state index contributed by atoms with van der Waals surface area (Å²) in [6.07, 6.45) is 4.93. The fourth-order valence-electron chi connectivity index (χ4n) is 4.45. The molecule has 7 nitrogen and oxygen atoms in total. The highest BCUT2D eigenvalue weighted by atomic mass is 32.2. The number of phenols is 1. The first-order chi connectivity index (χ1) is 14.4. The molecule has 1 fully saturated rings. The summed E-state index contributed by atoms with van der Waals surface area (Å²) in [6.45, 7) is 0.399. The zero-order valence-corrected chi connectivity index (χ0v) is 17.3. The van der Waals surface area contributed by atoms with Crippen molar-refractivity contribution in [2.24, 2.45) is 0 Å². The van der Waals surface area contributed by atoms with Crippen LogP contribution in [-0.4, -0.2) is 36.7 Å². The third kappa shape index (κ3) is 3.21. The number of sulfonamides is 1. The summed E-state index contributed by atoms with van der Waals surface area (Å²) in [7, 11) is -3.34. The van der Waals surface area contributed by atoms with Crippen LogP contribution in [0.4, 0.5) is 11.4 Å². The SMILES string of the molecule is O=C(Nc1cc(N2CCCS2(=O)=O)ccc1O)c1ccc2[nH]c3c(c2c1)CCCC3. The van der Waals surface area contributed by atoms with Crippen LogP contribution in [0, 0.1) is 0 Å². The monoisotopic (exact) mass is 425 g/mol. The Bertz CT molecular complexity index is 1260. The summed E-state index contributed by atoms with van der Waals surface area (Å²) >= 11 is 0. The second-order valence-corrected chi connectivity index (χ2v) is 9.96. The average Bonchev–Trinajstić information content (AvgIpc) is 3.28. The van der Waals surface area contributed by atoms with Crippen molar-refractivity contribution in [1.82, 2.24) is 4.98 Å². The molecule has 1 aliphatic heterocycles. The van der Waals surface area contributed by atoms with Gasteiger partial charge in [-0.3, -0.25) is 9.10 Å². The predicted molar refractivity (Wildman–Crippen MR) is 117 cm³/mol. The number of amides is 1. The van der Waals surface area contributed by atoms with E-state index in [4.69, 9.17) is 0 Å². The number of phenolic OH excluding ortho intramolecular Hbond substituents is 1. The quantitative estimate of drug-likeness (QED) is 0.559. The highest BCUT2D eigenvalue weighted by Crippen LogP contribution is 2.33. The van der Waals surface area contributed by atoms with E-state index in [1.807, 2.05) is 12.1 Å². The number of nitrogens with one attached hydrogen (secondary N) is 2. The minimum absolute atomic E-state index is 0.108. The Morgan fingerprint density at radius 1 is 1.07 bits per heavy atom. The van der Waals surface area contributed by atoms with Crippen LogP contribution in [0.2, 0.25) is 0 Å². The molecule has 0 atom stereocenters. The summed E-state index contributed by atoms with van der Waals surface area (Å²) in [5.41, 5.74) is 4.70. The summed E-state index contributed by atoms with van der Waals surface area (Å²) < 4.78 is 25.7. The van der Waals surface area contributed by atoms with Crippen molar-refractivity contribution in [3.05, 3.63) is 53.2 Å². The molecular formula is C22H23N3O4S. The van der Waals surface area contributed by atoms with Gasteiger partial charge in [0.25, 0.3) is 5.91 Å². The minimum atomic E-state index is -3.34. The average molecular weight is 426 g/mol. The first-order valence-electron chi connectivity index (χ1n) is 10.2. The number of fused-ring (bicyclic) bond motifs is 3. The molecule has 2 aromatic carbocycles. The van der Waals surface area contributed by atoms with Crippen LogP contribution in [0.25, 0.3) is 10.9 Å². The molecular weight excluding hydrogens is 402 g/mol. The Labute approximate surface area is 174 Å². The normalized spacial score (nSPS) is 17.8. The molecule has 0 spiro atoms. The Kier molecular flexibility index (Phi) is 4.47. The Morgan fingerprint density at radius 3 is 2.70 bits per heavy atom. The Balaban J connectivity index is 1.44. The van der Waals surface area contributed by atoms with Gasteiger partial charge in [0.15, 0.2) is 0 Å². The fraction of sp³-hybridized carbons (Fsp3) is 0.318. The van der Waals surface area contributed by atoms with Gasteiger partial charge in [0.1, 0.15) is 5.75 Å². The number of benzene rings is 2. The second-order valence-electron chi connectivity index (χ2n) is 7.95. The van der Waals surface area contributed by atoms with Crippen LogP contribution in [0.15, 0.2) is 36.4 Å². The molecule has 8 heteroatoms. The van der Waals surface area contributed by atoms with E-state index < -0.39 is 10.0 Å². The van der Waals surface area contributed by atoms with Gasteiger partial charge in [0.05, 0.1) is 17.1 Å².